The first-order valence-corrected chi connectivity index (χ1v) is 7.74. The van der Waals surface area contributed by atoms with Gasteiger partial charge in [-0.2, -0.15) is 5.26 Å². The van der Waals surface area contributed by atoms with E-state index in [2.05, 4.69) is 34.0 Å². The van der Waals surface area contributed by atoms with Gasteiger partial charge in [0.25, 0.3) is 5.91 Å². The Morgan fingerprint density at radius 3 is 2.47 bits per heavy atom. The highest BCUT2D eigenvalue weighted by Crippen LogP contribution is 2.26. The third-order valence-corrected chi connectivity index (χ3v) is 4.37. The number of nitriles is 1. The van der Waals surface area contributed by atoms with Crippen molar-refractivity contribution in [1.29, 1.82) is 5.26 Å². The molecule has 0 aliphatic heterocycles. The lowest BCUT2D eigenvalue weighted by Crippen LogP contribution is -2.40. The second-order valence-electron chi connectivity index (χ2n) is 4.99. The minimum Gasteiger partial charge on any atom is -0.336 e. The quantitative estimate of drug-likeness (QED) is 0.831. The summed E-state index contributed by atoms with van der Waals surface area (Å²) in [4.78, 5) is 12.1. The van der Waals surface area contributed by atoms with Gasteiger partial charge in [0.05, 0.1) is 6.07 Å². The molecular weight excluding hydrogens is 351 g/mol. The van der Waals surface area contributed by atoms with Crippen molar-refractivity contribution in [1.82, 2.24) is 5.32 Å². The van der Waals surface area contributed by atoms with Crippen LogP contribution in [0.2, 0.25) is 0 Å². The predicted octanol–water partition coefficient (Wildman–Crippen LogP) is 3.49. The van der Waals surface area contributed by atoms with E-state index in [1.807, 2.05) is 12.1 Å². The van der Waals surface area contributed by atoms with Crippen LogP contribution in [0, 0.1) is 20.8 Å². The van der Waals surface area contributed by atoms with E-state index in [-0.39, 0.29) is 11.9 Å². The van der Waals surface area contributed by atoms with Gasteiger partial charge in [0.2, 0.25) is 0 Å². The number of halogens is 1. The normalized spacial score (nSPS) is 17.5. The molecule has 100 valence electrons. The SMILES string of the molecule is N#CC(NC(=O)c1ccc(I)cc1)C1CCCCC1. The van der Waals surface area contributed by atoms with Crippen molar-refractivity contribution in [2.24, 2.45) is 5.92 Å². The summed E-state index contributed by atoms with van der Waals surface area (Å²) in [5.74, 6) is 0.167. The summed E-state index contributed by atoms with van der Waals surface area (Å²) in [5.41, 5.74) is 0.622. The monoisotopic (exact) mass is 368 g/mol. The Balaban J connectivity index is 1.99. The Bertz CT molecular complexity index is 472. The van der Waals surface area contributed by atoms with E-state index >= 15 is 0 Å². The molecule has 1 saturated carbocycles. The van der Waals surface area contributed by atoms with Gasteiger partial charge in [-0.25, -0.2) is 0 Å². The summed E-state index contributed by atoms with van der Waals surface area (Å²) in [7, 11) is 0. The van der Waals surface area contributed by atoms with Gasteiger partial charge in [0.1, 0.15) is 6.04 Å². The minimum absolute atomic E-state index is 0.145. The standard InChI is InChI=1S/C15H17IN2O/c16-13-8-6-12(7-9-13)15(19)18-14(10-17)11-4-2-1-3-5-11/h6-9,11,14H,1-5H2,(H,18,19). The molecule has 0 radical (unpaired) electrons. The summed E-state index contributed by atoms with van der Waals surface area (Å²) in [6.45, 7) is 0. The number of carbonyl (C=O) groups is 1. The largest absolute Gasteiger partial charge is 0.336 e. The van der Waals surface area contributed by atoms with E-state index in [4.69, 9.17) is 0 Å². The van der Waals surface area contributed by atoms with Crippen LogP contribution in [-0.2, 0) is 0 Å². The maximum absolute atomic E-state index is 12.1. The number of hydrogen-bond donors (Lipinski definition) is 1. The highest BCUT2D eigenvalue weighted by Gasteiger charge is 2.25. The maximum atomic E-state index is 12.1. The van der Waals surface area contributed by atoms with Crippen molar-refractivity contribution in [3.8, 4) is 6.07 Å². The molecule has 1 fully saturated rings. The summed E-state index contributed by atoms with van der Waals surface area (Å²) >= 11 is 2.20. The first kappa shape index (κ1) is 14.3. The highest BCUT2D eigenvalue weighted by molar-refractivity contribution is 14.1. The molecule has 2 rings (SSSR count). The Kier molecular flexibility index (Phi) is 5.20. The number of nitrogens with one attached hydrogen (secondary N) is 1. The molecule has 0 saturated heterocycles. The molecular formula is C15H17IN2O. The lowest BCUT2D eigenvalue weighted by Gasteiger charge is -2.26. The molecule has 0 bridgehead atoms. The smallest absolute Gasteiger partial charge is 0.252 e. The molecule has 1 aliphatic rings. The van der Waals surface area contributed by atoms with E-state index in [1.165, 1.54) is 19.3 Å². The second kappa shape index (κ2) is 6.90. The van der Waals surface area contributed by atoms with Gasteiger partial charge >= 0.3 is 0 Å². The third kappa shape index (κ3) is 3.93. The van der Waals surface area contributed by atoms with E-state index in [0.717, 1.165) is 16.4 Å². The van der Waals surface area contributed by atoms with Crippen molar-refractivity contribution >= 4 is 28.5 Å². The molecule has 1 aromatic rings. The zero-order chi connectivity index (χ0) is 13.7. The number of amides is 1. The zero-order valence-corrected chi connectivity index (χ0v) is 12.9. The molecule has 0 aromatic heterocycles. The van der Waals surface area contributed by atoms with E-state index < -0.39 is 0 Å². The molecule has 1 atom stereocenters. The van der Waals surface area contributed by atoms with Crippen molar-refractivity contribution in [2.75, 3.05) is 0 Å². The Morgan fingerprint density at radius 2 is 1.89 bits per heavy atom. The fourth-order valence-corrected chi connectivity index (χ4v) is 2.91. The fourth-order valence-electron chi connectivity index (χ4n) is 2.55. The van der Waals surface area contributed by atoms with Gasteiger partial charge in [-0.3, -0.25) is 4.79 Å². The number of nitrogens with zero attached hydrogens (tertiary/aromatic N) is 1. The fraction of sp³-hybridized carbons (Fsp3) is 0.467. The first-order chi connectivity index (χ1) is 9.20. The van der Waals surface area contributed by atoms with Crippen LogP contribution in [0.5, 0.6) is 0 Å². The van der Waals surface area contributed by atoms with Crippen molar-refractivity contribution in [3.05, 3.63) is 33.4 Å². The van der Waals surface area contributed by atoms with Gasteiger partial charge in [-0.05, 0) is 65.6 Å². The topological polar surface area (TPSA) is 52.9 Å². The van der Waals surface area contributed by atoms with Crippen LogP contribution in [0.1, 0.15) is 42.5 Å². The summed E-state index contributed by atoms with van der Waals surface area (Å²) in [6, 6.07) is 9.29. The molecule has 0 heterocycles. The van der Waals surface area contributed by atoms with Crippen LogP contribution in [0.3, 0.4) is 0 Å². The van der Waals surface area contributed by atoms with E-state index in [1.54, 1.807) is 12.1 Å². The van der Waals surface area contributed by atoms with Crippen LogP contribution in [-0.4, -0.2) is 11.9 Å². The molecule has 1 amide bonds. The number of benzene rings is 1. The molecule has 1 aromatic carbocycles. The van der Waals surface area contributed by atoms with Crippen molar-refractivity contribution in [3.63, 3.8) is 0 Å². The van der Waals surface area contributed by atoms with Gasteiger partial charge < -0.3 is 5.32 Å². The molecule has 1 unspecified atom stereocenters. The van der Waals surface area contributed by atoms with Crippen LogP contribution >= 0.6 is 22.6 Å². The summed E-state index contributed by atoms with van der Waals surface area (Å²) in [6.07, 6.45) is 5.68. The molecule has 0 spiro atoms. The zero-order valence-electron chi connectivity index (χ0n) is 10.7. The highest BCUT2D eigenvalue weighted by atomic mass is 127. The van der Waals surface area contributed by atoms with Gasteiger partial charge in [0.15, 0.2) is 0 Å². The Morgan fingerprint density at radius 1 is 1.26 bits per heavy atom. The lowest BCUT2D eigenvalue weighted by molar-refractivity contribution is 0.0929. The lowest BCUT2D eigenvalue weighted by atomic mass is 9.84. The Labute approximate surface area is 127 Å². The minimum atomic E-state index is -0.355. The summed E-state index contributed by atoms with van der Waals surface area (Å²) < 4.78 is 1.10. The first-order valence-electron chi connectivity index (χ1n) is 6.67. The number of carbonyl (C=O) groups excluding carboxylic acids is 1. The predicted molar refractivity (Wildman–Crippen MR) is 82.6 cm³/mol. The summed E-state index contributed by atoms with van der Waals surface area (Å²) in [5, 5.41) is 12.1. The average Bonchev–Trinajstić information content (AvgIpc) is 2.46. The average molecular weight is 368 g/mol. The molecule has 19 heavy (non-hydrogen) atoms. The second-order valence-corrected chi connectivity index (χ2v) is 6.23. The van der Waals surface area contributed by atoms with Crippen LogP contribution in [0.4, 0.5) is 0 Å². The number of hydrogen-bond acceptors (Lipinski definition) is 2. The maximum Gasteiger partial charge on any atom is 0.252 e. The molecule has 1 aliphatic carbocycles. The van der Waals surface area contributed by atoms with Crippen molar-refractivity contribution in [2.45, 2.75) is 38.1 Å². The molecule has 1 N–H and O–H groups in total. The number of rotatable bonds is 3. The molecule has 4 heteroatoms. The molecule has 3 nitrogen and oxygen atoms in total. The van der Waals surface area contributed by atoms with E-state index in [9.17, 15) is 10.1 Å². The van der Waals surface area contributed by atoms with Gasteiger partial charge in [0, 0.05) is 9.13 Å². The van der Waals surface area contributed by atoms with Crippen molar-refractivity contribution < 1.29 is 4.79 Å². The third-order valence-electron chi connectivity index (χ3n) is 3.65. The van der Waals surface area contributed by atoms with Gasteiger partial charge in [-0.1, -0.05) is 19.3 Å². The Hall–Kier alpha value is -1.09. The van der Waals surface area contributed by atoms with Crippen LogP contribution in [0.15, 0.2) is 24.3 Å². The van der Waals surface area contributed by atoms with Crippen LogP contribution in [0.25, 0.3) is 0 Å². The van der Waals surface area contributed by atoms with Crippen LogP contribution < -0.4 is 5.32 Å². The van der Waals surface area contributed by atoms with E-state index in [0.29, 0.717) is 11.5 Å². The van der Waals surface area contributed by atoms with Gasteiger partial charge in [-0.15, -0.1) is 0 Å².